The van der Waals surface area contributed by atoms with Crippen LogP contribution in [-0.2, 0) is 6.42 Å². The van der Waals surface area contributed by atoms with E-state index >= 15 is 0 Å². The van der Waals surface area contributed by atoms with E-state index in [9.17, 15) is 0 Å². The minimum atomic E-state index is 0.268. The van der Waals surface area contributed by atoms with E-state index in [1.54, 1.807) is 11.3 Å². The van der Waals surface area contributed by atoms with Gasteiger partial charge in [0.1, 0.15) is 5.75 Å². The van der Waals surface area contributed by atoms with Crippen LogP contribution >= 0.6 is 43.2 Å². The molecule has 1 aromatic heterocycles. The van der Waals surface area contributed by atoms with Gasteiger partial charge in [0.2, 0.25) is 0 Å². The first-order valence-corrected chi connectivity index (χ1v) is 7.91. The van der Waals surface area contributed by atoms with Gasteiger partial charge in [-0.1, -0.05) is 28.1 Å². The molecule has 1 nitrogen and oxygen atoms in total. The van der Waals surface area contributed by atoms with Gasteiger partial charge in [-0.15, -0.1) is 11.3 Å². The van der Waals surface area contributed by atoms with Crippen LogP contribution in [0.25, 0.3) is 0 Å². The van der Waals surface area contributed by atoms with E-state index in [0.29, 0.717) is 0 Å². The van der Waals surface area contributed by atoms with Gasteiger partial charge in [0.05, 0.1) is 15.2 Å². The quantitative estimate of drug-likeness (QED) is 0.678. The van der Waals surface area contributed by atoms with Crippen molar-refractivity contribution in [2.45, 2.75) is 11.2 Å². The molecule has 1 aromatic carbocycles. The lowest BCUT2D eigenvalue weighted by atomic mass is 10.1. The van der Waals surface area contributed by atoms with E-state index in [-0.39, 0.29) is 4.83 Å². The summed E-state index contributed by atoms with van der Waals surface area (Å²) < 4.78 is 6.69. The van der Waals surface area contributed by atoms with Gasteiger partial charge in [-0.05, 0) is 45.3 Å². The van der Waals surface area contributed by atoms with Crippen LogP contribution < -0.4 is 4.74 Å². The Morgan fingerprint density at radius 1 is 1.24 bits per heavy atom. The second-order valence-electron chi connectivity index (χ2n) is 3.97. The molecule has 1 aliphatic rings. The zero-order chi connectivity index (χ0) is 11.8. The molecule has 1 aliphatic heterocycles. The first kappa shape index (κ1) is 11.8. The molecule has 2 heterocycles. The summed E-state index contributed by atoms with van der Waals surface area (Å²) in [5.74, 6) is 1.04. The minimum absolute atomic E-state index is 0.268. The molecule has 0 amide bonds. The van der Waals surface area contributed by atoms with Crippen LogP contribution in [0, 0.1) is 0 Å². The molecule has 2 aromatic rings. The molecule has 1 atom stereocenters. The van der Waals surface area contributed by atoms with Crippen LogP contribution in [0.4, 0.5) is 0 Å². The molecule has 0 bridgehead atoms. The molecule has 0 saturated heterocycles. The zero-order valence-corrected chi connectivity index (χ0v) is 12.9. The summed E-state index contributed by atoms with van der Waals surface area (Å²) in [4.78, 5) is 1.58. The van der Waals surface area contributed by atoms with E-state index in [0.717, 1.165) is 18.8 Å². The third kappa shape index (κ3) is 2.30. The van der Waals surface area contributed by atoms with E-state index in [4.69, 9.17) is 4.74 Å². The number of hydrogen-bond acceptors (Lipinski definition) is 2. The van der Waals surface area contributed by atoms with Gasteiger partial charge in [0.25, 0.3) is 0 Å². The molecular formula is C13H10Br2OS. The highest BCUT2D eigenvalue weighted by molar-refractivity contribution is 9.11. The van der Waals surface area contributed by atoms with Crippen LogP contribution in [0.15, 0.2) is 34.1 Å². The number of ether oxygens (including phenoxy) is 1. The van der Waals surface area contributed by atoms with Crippen molar-refractivity contribution in [3.63, 3.8) is 0 Å². The van der Waals surface area contributed by atoms with Crippen LogP contribution in [0.2, 0.25) is 0 Å². The Morgan fingerprint density at radius 2 is 2.12 bits per heavy atom. The van der Waals surface area contributed by atoms with Crippen molar-refractivity contribution in [2.24, 2.45) is 0 Å². The monoisotopic (exact) mass is 372 g/mol. The van der Waals surface area contributed by atoms with Gasteiger partial charge in [0.15, 0.2) is 0 Å². The maximum atomic E-state index is 5.52. The highest BCUT2D eigenvalue weighted by Crippen LogP contribution is 2.39. The number of benzene rings is 1. The highest BCUT2D eigenvalue weighted by atomic mass is 79.9. The maximum Gasteiger partial charge on any atom is 0.122 e. The molecule has 0 saturated carbocycles. The topological polar surface area (TPSA) is 9.23 Å². The number of thiophene rings is 1. The summed E-state index contributed by atoms with van der Waals surface area (Å²) in [7, 11) is 0. The number of hydrogen-bond donors (Lipinski definition) is 0. The Labute approximate surface area is 121 Å². The number of fused-ring (bicyclic) bond motifs is 1. The largest absolute Gasteiger partial charge is 0.493 e. The smallest absolute Gasteiger partial charge is 0.122 e. The number of halogens is 2. The first-order valence-electron chi connectivity index (χ1n) is 5.39. The van der Waals surface area contributed by atoms with Gasteiger partial charge in [-0.2, -0.15) is 0 Å². The Hall–Kier alpha value is -0.320. The molecule has 0 radical (unpaired) electrons. The van der Waals surface area contributed by atoms with Crippen molar-refractivity contribution >= 4 is 43.2 Å². The van der Waals surface area contributed by atoms with Crippen molar-refractivity contribution in [3.05, 3.63) is 50.1 Å². The van der Waals surface area contributed by atoms with E-state index in [2.05, 4.69) is 62.2 Å². The average molecular weight is 374 g/mol. The second kappa shape index (κ2) is 4.75. The standard InChI is InChI=1S/C13H10Br2OS/c14-12-4-3-11(17-12)13(15)9-1-2-10-8(7-9)5-6-16-10/h1-4,7,13H,5-6H2. The van der Waals surface area contributed by atoms with Gasteiger partial charge in [0, 0.05) is 11.3 Å². The summed E-state index contributed by atoms with van der Waals surface area (Å²) in [6.07, 6.45) is 1.02. The van der Waals surface area contributed by atoms with Crippen LogP contribution in [-0.4, -0.2) is 6.61 Å². The average Bonchev–Trinajstić information content (AvgIpc) is 2.95. The van der Waals surface area contributed by atoms with Crippen molar-refractivity contribution in [2.75, 3.05) is 6.61 Å². The maximum absolute atomic E-state index is 5.52. The third-order valence-corrected chi connectivity index (χ3v) is 5.86. The molecule has 0 fully saturated rings. The third-order valence-electron chi connectivity index (χ3n) is 2.85. The Morgan fingerprint density at radius 3 is 2.88 bits per heavy atom. The summed E-state index contributed by atoms with van der Waals surface area (Å²) in [5, 5.41) is 0. The van der Waals surface area contributed by atoms with Crippen molar-refractivity contribution in [3.8, 4) is 5.75 Å². The zero-order valence-electron chi connectivity index (χ0n) is 8.95. The van der Waals surface area contributed by atoms with Crippen molar-refractivity contribution in [1.82, 2.24) is 0 Å². The molecule has 0 aliphatic carbocycles. The fraction of sp³-hybridized carbons (Fsp3) is 0.231. The minimum Gasteiger partial charge on any atom is -0.493 e. The van der Waals surface area contributed by atoms with Gasteiger partial charge >= 0.3 is 0 Å². The predicted octanol–water partition coefficient (Wildman–Crippen LogP) is 4.93. The fourth-order valence-electron chi connectivity index (χ4n) is 1.99. The number of rotatable bonds is 2. The van der Waals surface area contributed by atoms with E-state index in [1.165, 1.54) is 19.8 Å². The normalized spacial score (nSPS) is 15.4. The molecule has 4 heteroatoms. The van der Waals surface area contributed by atoms with Gasteiger partial charge in [-0.3, -0.25) is 0 Å². The first-order chi connectivity index (χ1) is 8.24. The molecule has 0 spiro atoms. The summed E-state index contributed by atoms with van der Waals surface area (Å²) in [6.45, 7) is 0.816. The molecular weight excluding hydrogens is 364 g/mol. The molecule has 0 N–H and O–H groups in total. The van der Waals surface area contributed by atoms with Crippen LogP contribution in [0.5, 0.6) is 5.75 Å². The van der Waals surface area contributed by atoms with Gasteiger partial charge in [-0.25, -0.2) is 0 Å². The molecule has 17 heavy (non-hydrogen) atoms. The van der Waals surface area contributed by atoms with Crippen molar-refractivity contribution in [1.29, 1.82) is 0 Å². The van der Waals surface area contributed by atoms with E-state index < -0.39 is 0 Å². The molecule has 88 valence electrons. The molecule has 3 rings (SSSR count). The summed E-state index contributed by atoms with van der Waals surface area (Å²) in [6, 6.07) is 10.7. The molecule has 1 unspecified atom stereocenters. The van der Waals surface area contributed by atoms with Crippen LogP contribution in [0.1, 0.15) is 20.8 Å². The van der Waals surface area contributed by atoms with Crippen LogP contribution in [0.3, 0.4) is 0 Å². The lowest BCUT2D eigenvalue weighted by Gasteiger charge is -2.09. The highest BCUT2D eigenvalue weighted by Gasteiger charge is 2.17. The summed E-state index contributed by atoms with van der Waals surface area (Å²) >= 11 is 9.03. The Balaban J connectivity index is 1.94. The van der Waals surface area contributed by atoms with Gasteiger partial charge < -0.3 is 4.74 Å². The Bertz CT molecular complexity index is 550. The summed E-state index contributed by atoms with van der Waals surface area (Å²) in [5.41, 5.74) is 2.62. The SMILES string of the molecule is Brc1ccc(C(Br)c2ccc3c(c2)CCO3)s1. The second-order valence-corrected chi connectivity index (χ2v) is 7.38. The Kier molecular flexibility index (Phi) is 3.28. The number of alkyl halides is 1. The van der Waals surface area contributed by atoms with E-state index in [1.807, 2.05) is 0 Å². The van der Waals surface area contributed by atoms with Crippen molar-refractivity contribution < 1.29 is 4.74 Å². The lowest BCUT2D eigenvalue weighted by molar-refractivity contribution is 0.357. The predicted molar refractivity (Wildman–Crippen MR) is 78.4 cm³/mol. The fourth-order valence-corrected chi connectivity index (χ4v) is 4.14. The lowest BCUT2D eigenvalue weighted by Crippen LogP contribution is -1.90.